The van der Waals surface area contributed by atoms with Gasteiger partial charge in [-0.15, -0.1) is 0 Å². The van der Waals surface area contributed by atoms with Crippen molar-refractivity contribution in [1.29, 1.82) is 0 Å². The Hall–Kier alpha value is -2.44. The van der Waals surface area contributed by atoms with E-state index in [-0.39, 0.29) is 23.2 Å². The Bertz CT molecular complexity index is 688. The summed E-state index contributed by atoms with van der Waals surface area (Å²) in [6.45, 7) is 0. The number of halogens is 3. The van der Waals surface area contributed by atoms with Gasteiger partial charge in [0.05, 0.1) is 11.3 Å². The average molecular weight is 278 g/mol. The molecule has 102 valence electrons. The van der Waals surface area contributed by atoms with Crippen LogP contribution in [-0.2, 0) is 6.18 Å². The zero-order valence-electron chi connectivity index (χ0n) is 10.1. The van der Waals surface area contributed by atoms with Gasteiger partial charge >= 0.3 is 6.18 Å². The predicted molar refractivity (Wildman–Crippen MR) is 68.1 cm³/mol. The van der Waals surface area contributed by atoms with E-state index in [0.29, 0.717) is 5.56 Å². The van der Waals surface area contributed by atoms with Gasteiger partial charge in [-0.3, -0.25) is 9.98 Å². The first-order valence-electron chi connectivity index (χ1n) is 5.79. The second-order valence-electron chi connectivity index (χ2n) is 4.31. The lowest BCUT2D eigenvalue weighted by molar-refractivity contribution is -0.137. The molecule has 1 unspecified atom stereocenters. The Labute approximate surface area is 112 Å². The van der Waals surface area contributed by atoms with Crippen LogP contribution < -0.4 is 5.73 Å². The van der Waals surface area contributed by atoms with E-state index in [1.807, 2.05) is 0 Å². The maximum Gasteiger partial charge on any atom is 0.418 e. The predicted octanol–water partition coefficient (Wildman–Crippen LogP) is 2.87. The Morgan fingerprint density at radius 2 is 1.90 bits per heavy atom. The fourth-order valence-corrected chi connectivity index (χ4v) is 1.91. The number of nitrogens with two attached hydrogens (primary N) is 1. The zero-order valence-corrected chi connectivity index (χ0v) is 10.1. The molecule has 0 saturated carbocycles. The molecule has 20 heavy (non-hydrogen) atoms. The number of hydrogen-bond acceptors (Lipinski definition) is 4. The quantitative estimate of drug-likeness (QED) is 0.918. The van der Waals surface area contributed by atoms with Gasteiger partial charge in [0.15, 0.2) is 0 Å². The summed E-state index contributed by atoms with van der Waals surface area (Å²) in [5, 5.41) is 0. The highest BCUT2D eigenvalue weighted by Crippen LogP contribution is 2.36. The lowest BCUT2D eigenvalue weighted by atomic mass is 10.1. The molecule has 2 aromatic rings. The van der Waals surface area contributed by atoms with Gasteiger partial charge in [-0.25, -0.2) is 4.98 Å². The van der Waals surface area contributed by atoms with Gasteiger partial charge < -0.3 is 5.73 Å². The minimum absolute atomic E-state index is 0.0950. The number of aromatic nitrogens is 2. The topological polar surface area (TPSA) is 64.2 Å². The molecule has 0 aliphatic carbocycles. The number of pyridine rings is 2. The highest BCUT2D eigenvalue weighted by Gasteiger charge is 2.34. The first-order valence-corrected chi connectivity index (χ1v) is 5.79. The van der Waals surface area contributed by atoms with Gasteiger partial charge in [0, 0.05) is 18.0 Å². The van der Waals surface area contributed by atoms with Crippen LogP contribution in [0.4, 0.5) is 19.0 Å². The van der Waals surface area contributed by atoms with Crippen LogP contribution in [0.1, 0.15) is 17.2 Å². The summed E-state index contributed by atoms with van der Waals surface area (Å²) < 4.78 is 38.8. The van der Waals surface area contributed by atoms with Gasteiger partial charge in [0.2, 0.25) is 0 Å². The van der Waals surface area contributed by atoms with Crippen LogP contribution in [0.3, 0.4) is 0 Å². The number of anilines is 1. The molecule has 2 aromatic heterocycles. The lowest BCUT2D eigenvalue weighted by Crippen LogP contribution is -2.09. The molecule has 0 fully saturated rings. The summed E-state index contributed by atoms with van der Waals surface area (Å²) >= 11 is 0. The van der Waals surface area contributed by atoms with Gasteiger partial charge in [0.25, 0.3) is 0 Å². The number of nitrogen functional groups attached to an aromatic ring is 1. The average Bonchev–Trinajstić information content (AvgIpc) is 3.22. The molecule has 0 amide bonds. The molecule has 7 heteroatoms. The molecule has 3 rings (SSSR count). The molecule has 0 radical (unpaired) electrons. The van der Waals surface area contributed by atoms with Crippen LogP contribution in [0.5, 0.6) is 0 Å². The minimum Gasteiger partial charge on any atom is -0.383 e. The standard InChI is InChI=1S/C13H9F3N4/c14-13(15,16)8-2-1-5-18-11(8)9-4-3-7(10-6-19-10)12(17)20-9/h1-6,10H,(H2,17,20). The van der Waals surface area contributed by atoms with E-state index in [4.69, 9.17) is 5.73 Å². The summed E-state index contributed by atoms with van der Waals surface area (Å²) in [6.07, 6.45) is -1.51. The zero-order chi connectivity index (χ0) is 14.3. The highest BCUT2D eigenvalue weighted by molar-refractivity contribution is 5.82. The summed E-state index contributed by atoms with van der Waals surface area (Å²) in [5.41, 5.74) is 5.49. The van der Waals surface area contributed by atoms with Crippen molar-refractivity contribution in [3.63, 3.8) is 0 Å². The van der Waals surface area contributed by atoms with E-state index in [1.165, 1.54) is 18.3 Å². The molecule has 3 heterocycles. The van der Waals surface area contributed by atoms with Crippen molar-refractivity contribution in [1.82, 2.24) is 9.97 Å². The SMILES string of the molecule is Nc1nc(-c2ncccc2C(F)(F)F)ccc1C1C=N1. The first kappa shape index (κ1) is 12.6. The van der Waals surface area contributed by atoms with Crippen LogP contribution in [0.15, 0.2) is 35.5 Å². The number of hydrogen-bond donors (Lipinski definition) is 1. The molecule has 1 atom stereocenters. The van der Waals surface area contributed by atoms with Crippen molar-refractivity contribution < 1.29 is 13.2 Å². The van der Waals surface area contributed by atoms with E-state index in [9.17, 15) is 13.2 Å². The van der Waals surface area contributed by atoms with Crippen LogP contribution in [0.2, 0.25) is 0 Å². The first-order chi connectivity index (χ1) is 9.47. The molecule has 0 bridgehead atoms. The maximum atomic E-state index is 12.9. The van der Waals surface area contributed by atoms with Gasteiger partial charge in [0.1, 0.15) is 17.6 Å². The van der Waals surface area contributed by atoms with Crippen molar-refractivity contribution >= 4 is 12.0 Å². The number of nitrogens with zero attached hydrogens (tertiary/aromatic N) is 3. The fraction of sp³-hybridized carbons (Fsp3) is 0.154. The number of aliphatic imine (C=N–C) groups is 1. The van der Waals surface area contributed by atoms with Gasteiger partial charge in [-0.05, 0) is 18.2 Å². The molecule has 0 aromatic carbocycles. The van der Waals surface area contributed by atoms with E-state index in [2.05, 4.69) is 15.0 Å². The van der Waals surface area contributed by atoms with E-state index in [1.54, 1.807) is 12.3 Å². The van der Waals surface area contributed by atoms with E-state index < -0.39 is 11.7 Å². The summed E-state index contributed by atoms with van der Waals surface area (Å²) in [7, 11) is 0. The van der Waals surface area contributed by atoms with Gasteiger partial charge in [-0.2, -0.15) is 13.2 Å². The smallest absolute Gasteiger partial charge is 0.383 e. The minimum atomic E-state index is -4.49. The molecular formula is C13H9F3N4. The van der Waals surface area contributed by atoms with Crippen LogP contribution >= 0.6 is 0 Å². The number of rotatable bonds is 2. The third-order valence-corrected chi connectivity index (χ3v) is 2.93. The maximum absolute atomic E-state index is 12.9. The molecule has 4 nitrogen and oxygen atoms in total. The van der Waals surface area contributed by atoms with Crippen molar-refractivity contribution in [2.24, 2.45) is 4.99 Å². The Kier molecular flexibility index (Phi) is 2.70. The Morgan fingerprint density at radius 1 is 1.15 bits per heavy atom. The normalized spacial score (nSPS) is 17.2. The van der Waals surface area contributed by atoms with Crippen molar-refractivity contribution in [2.45, 2.75) is 12.2 Å². The third-order valence-electron chi connectivity index (χ3n) is 2.93. The highest BCUT2D eigenvalue weighted by atomic mass is 19.4. The summed E-state index contributed by atoms with van der Waals surface area (Å²) in [4.78, 5) is 11.7. The molecule has 2 N–H and O–H groups in total. The van der Waals surface area contributed by atoms with E-state index >= 15 is 0 Å². The second-order valence-corrected chi connectivity index (χ2v) is 4.31. The van der Waals surface area contributed by atoms with Gasteiger partial charge in [-0.1, -0.05) is 6.07 Å². The largest absolute Gasteiger partial charge is 0.418 e. The summed E-state index contributed by atoms with van der Waals surface area (Å²) in [6, 6.07) is 5.22. The number of alkyl halides is 3. The van der Waals surface area contributed by atoms with Crippen LogP contribution in [0.25, 0.3) is 11.4 Å². The van der Waals surface area contributed by atoms with E-state index in [0.717, 1.165) is 6.07 Å². The second kappa shape index (κ2) is 4.29. The molecule has 1 aliphatic rings. The molecular weight excluding hydrogens is 269 g/mol. The van der Waals surface area contributed by atoms with Crippen molar-refractivity contribution in [2.75, 3.05) is 5.73 Å². The fourth-order valence-electron chi connectivity index (χ4n) is 1.91. The summed E-state index contributed by atoms with van der Waals surface area (Å²) in [5.74, 6) is 0.170. The molecule has 0 saturated heterocycles. The molecule has 0 spiro atoms. The Morgan fingerprint density at radius 3 is 2.50 bits per heavy atom. The monoisotopic (exact) mass is 278 g/mol. The van der Waals surface area contributed by atoms with Crippen LogP contribution in [0, 0.1) is 0 Å². The Balaban J connectivity index is 2.07. The van der Waals surface area contributed by atoms with Crippen LogP contribution in [-0.4, -0.2) is 16.2 Å². The van der Waals surface area contributed by atoms with Crippen molar-refractivity contribution in [3.05, 3.63) is 41.6 Å². The lowest BCUT2D eigenvalue weighted by Gasteiger charge is -2.12. The third kappa shape index (κ3) is 2.22. The molecule has 1 aliphatic heterocycles. The van der Waals surface area contributed by atoms with Crippen molar-refractivity contribution in [3.8, 4) is 11.4 Å².